The highest BCUT2D eigenvalue weighted by Crippen LogP contribution is 2.27. The Labute approximate surface area is 151 Å². The van der Waals surface area contributed by atoms with Crippen molar-refractivity contribution in [3.63, 3.8) is 0 Å². The van der Waals surface area contributed by atoms with Gasteiger partial charge in [-0.15, -0.1) is 10.2 Å². The van der Waals surface area contributed by atoms with Gasteiger partial charge >= 0.3 is 0 Å². The van der Waals surface area contributed by atoms with Crippen molar-refractivity contribution >= 4 is 11.8 Å². The van der Waals surface area contributed by atoms with Crippen LogP contribution < -0.4 is 9.47 Å². The summed E-state index contributed by atoms with van der Waals surface area (Å²) in [6.07, 6.45) is 0. The second-order valence-electron chi connectivity index (χ2n) is 5.58. The van der Waals surface area contributed by atoms with Gasteiger partial charge in [-0.3, -0.25) is 0 Å². The average Bonchev–Trinajstić information content (AvgIpc) is 2.98. The van der Waals surface area contributed by atoms with E-state index < -0.39 is 0 Å². The molecule has 0 fully saturated rings. The van der Waals surface area contributed by atoms with Crippen LogP contribution in [0.15, 0.2) is 41.4 Å². The first-order chi connectivity index (χ1) is 12.1. The van der Waals surface area contributed by atoms with Crippen molar-refractivity contribution in [1.82, 2.24) is 20.0 Å². The van der Waals surface area contributed by atoms with Gasteiger partial charge in [0.25, 0.3) is 0 Å². The Morgan fingerprint density at radius 1 is 0.960 bits per heavy atom. The molecule has 0 spiro atoms. The molecule has 3 rings (SSSR count). The Bertz CT molecular complexity index is 840. The summed E-state index contributed by atoms with van der Waals surface area (Å²) in [5, 5.41) is 13.9. The summed E-state index contributed by atoms with van der Waals surface area (Å²) in [4.78, 5) is 0. The first-order valence-electron chi connectivity index (χ1n) is 7.81. The van der Waals surface area contributed by atoms with E-state index in [1.807, 2.05) is 50.2 Å². The molecule has 3 aromatic rings. The number of nitrogens with zero attached hydrogens (tertiary/aromatic N) is 4. The molecule has 0 atom stereocenters. The molecular formula is C18H20N4O2S. The summed E-state index contributed by atoms with van der Waals surface area (Å²) in [5.41, 5.74) is 3.10. The maximum Gasteiger partial charge on any atom is 0.175 e. The van der Waals surface area contributed by atoms with Crippen LogP contribution in [0.3, 0.4) is 0 Å². The fraction of sp³-hybridized carbons (Fsp3) is 0.278. The predicted octanol–water partition coefficient (Wildman–Crippen LogP) is 3.59. The van der Waals surface area contributed by atoms with Crippen molar-refractivity contribution in [2.24, 2.45) is 0 Å². The van der Waals surface area contributed by atoms with E-state index in [-0.39, 0.29) is 0 Å². The van der Waals surface area contributed by atoms with Gasteiger partial charge in [-0.25, -0.2) is 4.68 Å². The molecule has 6 nitrogen and oxygen atoms in total. The topological polar surface area (TPSA) is 62.1 Å². The third-order valence-corrected chi connectivity index (χ3v) is 4.64. The van der Waals surface area contributed by atoms with Crippen LogP contribution in [-0.4, -0.2) is 34.2 Å². The molecule has 0 N–H and O–H groups in total. The highest BCUT2D eigenvalue weighted by atomic mass is 32.2. The van der Waals surface area contributed by atoms with E-state index in [9.17, 15) is 0 Å². The molecule has 0 amide bonds. The van der Waals surface area contributed by atoms with Gasteiger partial charge in [0.1, 0.15) is 16.5 Å². The molecule has 0 radical (unpaired) electrons. The Balaban J connectivity index is 1.71. The molecule has 0 saturated heterocycles. The number of benzene rings is 1. The van der Waals surface area contributed by atoms with E-state index in [0.717, 1.165) is 45.0 Å². The number of hydrogen-bond acceptors (Lipinski definition) is 6. The molecule has 7 heteroatoms. The standard InChI is InChI=1S/C18H20N4O2S/c1-12-7-13(2)22(21-12)17-5-6-18(20-19-17)25-11-14-8-15(23-3)10-16(9-14)24-4/h5-10H,11H2,1-4H3. The molecule has 2 heterocycles. The SMILES string of the molecule is COc1cc(CSc2ccc(-n3nc(C)cc3C)nn2)cc(OC)c1. The molecule has 0 aliphatic heterocycles. The van der Waals surface area contributed by atoms with Crippen molar-refractivity contribution in [3.8, 4) is 17.3 Å². The van der Waals surface area contributed by atoms with E-state index in [1.165, 1.54) is 0 Å². The number of aryl methyl sites for hydroxylation is 2. The van der Waals surface area contributed by atoms with Gasteiger partial charge < -0.3 is 9.47 Å². The van der Waals surface area contributed by atoms with Crippen LogP contribution in [0.2, 0.25) is 0 Å². The van der Waals surface area contributed by atoms with Crippen LogP contribution in [0.1, 0.15) is 17.0 Å². The monoisotopic (exact) mass is 356 g/mol. The molecule has 130 valence electrons. The number of rotatable bonds is 6. The second kappa shape index (κ2) is 7.57. The van der Waals surface area contributed by atoms with Gasteiger partial charge in [-0.1, -0.05) is 11.8 Å². The van der Waals surface area contributed by atoms with Crippen molar-refractivity contribution in [2.45, 2.75) is 24.6 Å². The van der Waals surface area contributed by atoms with Crippen molar-refractivity contribution in [1.29, 1.82) is 0 Å². The number of aromatic nitrogens is 4. The second-order valence-corrected chi connectivity index (χ2v) is 6.57. The van der Waals surface area contributed by atoms with Crippen molar-refractivity contribution in [3.05, 3.63) is 53.3 Å². The van der Waals surface area contributed by atoms with E-state index >= 15 is 0 Å². The van der Waals surface area contributed by atoms with Gasteiger partial charge in [0.2, 0.25) is 0 Å². The summed E-state index contributed by atoms with van der Waals surface area (Å²) in [7, 11) is 3.30. The number of thioether (sulfide) groups is 1. The number of ether oxygens (including phenoxy) is 2. The smallest absolute Gasteiger partial charge is 0.175 e. The van der Waals surface area contributed by atoms with Gasteiger partial charge in [0, 0.05) is 17.5 Å². The van der Waals surface area contributed by atoms with Gasteiger partial charge in [-0.2, -0.15) is 5.10 Å². The minimum atomic E-state index is 0.720. The third kappa shape index (κ3) is 4.11. The lowest BCUT2D eigenvalue weighted by molar-refractivity contribution is 0.393. The molecular weight excluding hydrogens is 336 g/mol. The Kier molecular flexibility index (Phi) is 5.23. The molecule has 25 heavy (non-hydrogen) atoms. The minimum absolute atomic E-state index is 0.720. The molecule has 2 aromatic heterocycles. The van der Waals surface area contributed by atoms with Gasteiger partial charge in [0.05, 0.1) is 19.9 Å². The fourth-order valence-corrected chi connectivity index (χ4v) is 3.21. The van der Waals surface area contributed by atoms with Crippen LogP contribution in [0, 0.1) is 13.8 Å². The summed E-state index contributed by atoms with van der Waals surface area (Å²) in [6, 6.07) is 11.7. The minimum Gasteiger partial charge on any atom is -0.497 e. The normalized spacial score (nSPS) is 10.7. The first-order valence-corrected chi connectivity index (χ1v) is 8.79. The zero-order chi connectivity index (χ0) is 17.8. The summed E-state index contributed by atoms with van der Waals surface area (Å²) >= 11 is 1.61. The van der Waals surface area contributed by atoms with Crippen LogP contribution >= 0.6 is 11.8 Å². The molecule has 0 bridgehead atoms. The Morgan fingerprint density at radius 3 is 2.20 bits per heavy atom. The van der Waals surface area contributed by atoms with Crippen LogP contribution in [0.25, 0.3) is 5.82 Å². The molecule has 1 aromatic carbocycles. The van der Waals surface area contributed by atoms with Crippen molar-refractivity contribution < 1.29 is 9.47 Å². The summed E-state index contributed by atoms with van der Waals surface area (Å²) in [5.74, 6) is 3.03. The fourth-order valence-electron chi connectivity index (χ4n) is 2.47. The quantitative estimate of drug-likeness (QED) is 0.629. The predicted molar refractivity (Wildman–Crippen MR) is 97.7 cm³/mol. The Morgan fingerprint density at radius 2 is 1.68 bits per heavy atom. The molecule has 0 saturated carbocycles. The molecule has 0 aliphatic rings. The maximum absolute atomic E-state index is 5.30. The zero-order valence-corrected chi connectivity index (χ0v) is 15.5. The van der Waals surface area contributed by atoms with Crippen LogP contribution in [0.5, 0.6) is 11.5 Å². The van der Waals surface area contributed by atoms with Gasteiger partial charge in [-0.05, 0) is 49.7 Å². The van der Waals surface area contributed by atoms with E-state index in [2.05, 4.69) is 15.3 Å². The zero-order valence-electron chi connectivity index (χ0n) is 14.7. The lowest BCUT2D eigenvalue weighted by Gasteiger charge is -2.08. The highest BCUT2D eigenvalue weighted by molar-refractivity contribution is 7.98. The molecule has 0 aliphatic carbocycles. The maximum atomic E-state index is 5.30. The summed E-state index contributed by atoms with van der Waals surface area (Å²) < 4.78 is 12.4. The van der Waals surface area contributed by atoms with E-state index in [0.29, 0.717) is 0 Å². The molecule has 0 unspecified atom stereocenters. The lowest BCUT2D eigenvalue weighted by Crippen LogP contribution is -2.03. The van der Waals surface area contributed by atoms with E-state index in [1.54, 1.807) is 30.7 Å². The summed E-state index contributed by atoms with van der Waals surface area (Å²) in [6.45, 7) is 3.96. The van der Waals surface area contributed by atoms with E-state index in [4.69, 9.17) is 9.47 Å². The van der Waals surface area contributed by atoms with Crippen LogP contribution in [0.4, 0.5) is 0 Å². The Hall–Kier alpha value is -2.54. The lowest BCUT2D eigenvalue weighted by atomic mass is 10.2. The number of methoxy groups -OCH3 is 2. The first kappa shape index (κ1) is 17.3. The number of hydrogen-bond donors (Lipinski definition) is 0. The average molecular weight is 356 g/mol. The highest BCUT2D eigenvalue weighted by Gasteiger charge is 2.07. The van der Waals surface area contributed by atoms with Crippen LogP contribution in [-0.2, 0) is 5.75 Å². The van der Waals surface area contributed by atoms with Gasteiger partial charge in [0.15, 0.2) is 5.82 Å². The third-order valence-electron chi connectivity index (χ3n) is 3.65. The van der Waals surface area contributed by atoms with Crippen molar-refractivity contribution in [2.75, 3.05) is 14.2 Å². The largest absolute Gasteiger partial charge is 0.497 e.